The van der Waals surface area contributed by atoms with Crippen molar-refractivity contribution < 1.29 is 14.3 Å². The van der Waals surface area contributed by atoms with Crippen LogP contribution in [-0.4, -0.2) is 45.8 Å². The zero-order valence-corrected chi connectivity index (χ0v) is 11.9. The SMILES string of the molecule is CCOC(=O)CN(C(=O)C(C)n1cccn1)C(C)C. The molecule has 0 saturated carbocycles. The van der Waals surface area contributed by atoms with Gasteiger partial charge < -0.3 is 9.64 Å². The Morgan fingerprint density at radius 1 is 1.37 bits per heavy atom. The number of hydrogen-bond donors (Lipinski definition) is 0. The summed E-state index contributed by atoms with van der Waals surface area (Å²) in [5, 5.41) is 4.05. The molecule has 0 aliphatic carbocycles. The van der Waals surface area contributed by atoms with Crippen LogP contribution in [0, 0.1) is 0 Å². The molecule has 1 aromatic heterocycles. The van der Waals surface area contributed by atoms with E-state index >= 15 is 0 Å². The highest BCUT2D eigenvalue weighted by atomic mass is 16.5. The van der Waals surface area contributed by atoms with Gasteiger partial charge in [-0.05, 0) is 33.8 Å². The maximum absolute atomic E-state index is 12.4. The molecule has 6 heteroatoms. The molecule has 106 valence electrons. The van der Waals surface area contributed by atoms with E-state index in [4.69, 9.17) is 4.74 Å². The molecule has 0 bridgehead atoms. The molecule has 0 N–H and O–H groups in total. The highest BCUT2D eigenvalue weighted by molar-refractivity contribution is 5.84. The Morgan fingerprint density at radius 2 is 2.05 bits per heavy atom. The fourth-order valence-electron chi connectivity index (χ4n) is 1.72. The van der Waals surface area contributed by atoms with E-state index in [1.165, 1.54) is 4.90 Å². The van der Waals surface area contributed by atoms with Gasteiger partial charge in [0.2, 0.25) is 5.91 Å². The predicted octanol–water partition coefficient (Wildman–Crippen LogP) is 1.24. The first-order valence-corrected chi connectivity index (χ1v) is 6.42. The molecule has 0 aromatic carbocycles. The summed E-state index contributed by atoms with van der Waals surface area (Å²) in [6, 6.07) is 1.25. The lowest BCUT2D eigenvalue weighted by atomic mass is 10.2. The van der Waals surface area contributed by atoms with Crippen molar-refractivity contribution in [1.82, 2.24) is 14.7 Å². The van der Waals surface area contributed by atoms with Gasteiger partial charge >= 0.3 is 5.97 Å². The number of ether oxygens (including phenoxy) is 1. The van der Waals surface area contributed by atoms with Crippen LogP contribution in [0.3, 0.4) is 0 Å². The van der Waals surface area contributed by atoms with Gasteiger partial charge in [0.15, 0.2) is 0 Å². The Labute approximate surface area is 113 Å². The molecule has 0 fully saturated rings. The van der Waals surface area contributed by atoms with Crippen LogP contribution >= 0.6 is 0 Å². The highest BCUT2D eigenvalue weighted by Crippen LogP contribution is 2.11. The summed E-state index contributed by atoms with van der Waals surface area (Å²) < 4.78 is 6.46. The summed E-state index contributed by atoms with van der Waals surface area (Å²) >= 11 is 0. The normalized spacial score (nSPS) is 12.3. The fraction of sp³-hybridized carbons (Fsp3) is 0.615. The molecule has 0 aliphatic heterocycles. The van der Waals surface area contributed by atoms with Gasteiger partial charge in [-0.1, -0.05) is 0 Å². The van der Waals surface area contributed by atoms with Crippen LogP contribution in [0.5, 0.6) is 0 Å². The number of aromatic nitrogens is 2. The third-order valence-electron chi connectivity index (χ3n) is 2.79. The Kier molecular flexibility index (Phi) is 5.54. The molecular formula is C13H21N3O3. The summed E-state index contributed by atoms with van der Waals surface area (Å²) in [4.78, 5) is 25.4. The van der Waals surface area contributed by atoms with Crippen LogP contribution in [0.25, 0.3) is 0 Å². The van der Waals surface area contributed by atoms with Crippen LogP contribution in [0.4, 0.5) is 0 Å². The van der Waals surface area contributed by atoms with Crippen molar-refractivity contribution in [2.45, 2.75) is 39.8 Å². The van der Waals surface area contributed by atoms with E-state index in [0.717, 1.165) is 0 Å². The van der Waals surface area contributed by atoms with E-state index in [1.54, 1.807) is 37.0 Å². The van der Waals surface area contributed by atoms with Gasteiger partial charge in [0.05, 0.1) is 6.61 Å². The number of carbonyl (C=O) groups excluding carboxylic acids is 2. The highest BCUT2D eigenvalue weighted by Gasteiger charge is 2.26. The lowest BCUT2D eigenvalue weighted by Crippen LogP contribution is -2.44. The first-order chi connectivity index (χ1) is 8.97. The standard InChI is InChI=1S/C13H21N3O3/c1-5-19-12(17)9-15(10(2)3)13(18)11(4)16-8-6-7-14-16/h6-8,10-11H,5,9H2,1-4H3. The summed E-state index contributed by atoms with van der Waals surface area (Å²) in [6.45, 7) is 7.52. The lowest BCUT2D eigenvalue weighted by Gasteiger charge is -2.28. The van der Waals surface area contributed by atoms with Crippen LogP contribution < -0.4 is 0 Å². The topological polar surface area (TPSA) is 64.4 Å². The number of carbonyl (C=O) groups is 2. The maximum Gasteiger partial charge on any atom is 0.325 e. The Balaban J connectivity index is 2.76. The summed E-state index contributed by atoms with van der Waals surface area (Å²) in [5.41, 5.74) is 0. The molecule has 1 rings (SSSR count). The maximum atomic E-state index is 12.4. The first-order valence-electron chi connectivity index (χ1n) is 6.42. The van der Waals surface area contributed by atoms with E-state index < -0.39 is 12.0 Å². The van der Waals surface area contributed by atoms with Gasteiger partial charge in [-0.15, -0.1) is 0 Å². The van der Waals surface area contributed by atoms with E-state index in [-0.39, 0.29) is 18.5 Å². The van der Waals surface area contributed by atoms with Gasteiger partial charge in [0.25, 0.3) is 0 Å². The number of nitrogens with zero attached hydrogens (tertiary/aromatic N) is 3. The Bertz CT molecular complexity index is 415. The third-order valence-corrected chi connectivity index (χ3v) is 2.79. The minimum Gasteiger partial charge on any atom is -0.465 e. The van der Waals surface area contributed by atoms with Crippen molar-refractivity contribution in [1.29, 1.82) is 0 Å². The molecular weight excluding hydrogens is 246 g/mol. The number of amides is 1. The van der Waals surface area contributed by atoms with E-state index in [1.807, 2.05) is 13.8 Å². The van der Waals surface area contributed by atoms with Gasteiger partial charge in [-0.25, -0.2) is 0 Å². The average Bonchev–Trinajstić information content (AvgIpc) is 2.88. The minimum absolute atomic E-state index is 0.0318. The van der Waals surface area contributed by atoms with Crippen molar-refractivity contribution in [3.05, 3.63) is 18.5 Å². The third kappa shape index (κ3) is 4.08. The molecule has 0 spiro atoms. The monoisotopic (exact) mass is 267 g/mol. The molecule has 1 unspecified atom stereocenters. The zero-order valence-electron chi connectivity index (χ0n) is 11.9. The van der Waals surface area contributed by atoms with Crippen LogP contribution in [-0.2, 0) is 14.3 Å². The fourth-order valence-corrected chi connectivity index (χ4v) is 1.72. The zero-order chi connectivity index (χ0) is 14.4. The van der Waals surface area contributed by atoms with E-state index in [0.29, 0.717) is 6.61 Å². The van der Waals surface area contributed by atoms with Gasteiger partial charge in [0, 0.05) is 18.4 Å². The molecule has 1 aromatic rings. The number of esters is 1. The van der Waals surface area contributed by atoms with Gasteiger partial charge in [-0.3, -0.25) is 14.3 Å². The first kappa shape index (κ1) is 15.2. The summed E-state index contributed by atoms with van der Waals surface area (Å²) in [5.74, 6) is -0.538. The molecule has 0 aliphatic rings. The van der Waals surface area contributed by atoms with Crippen molar-refractivity contribution in [3.63, 3.8) is 0 Å². The van der Waals surface area contributed by atoms with Gasteiger partial charge in [-0.2, -0.15) is 5.10 Å². The summed E-state index contributed by atoms with van der Waals surface area (Å²) in [7, 11) is 0. The molecule has 0 saturated heterocycles. The molecule has 0 radical (unpaired) electrons. The largest absolute Gasteiger partial charge is 0.465 e. The minimum atomic E-state index is -0.438. The van der Waals surface area contributed by atoms with Crippen molar-refractivity contribution in [2.24, 2.45) is 0 Å². The van der Waals surface area contributed by atoms with Crippen molar-refractivity contribution in [2.75, 3.05) is 13.2 Å². The molecule has 1 amide bonds. The molecule has 1 atom stereocenters. The van der Waals surface area contributed by atoms with Crippen LogP contribution in [0.2, 0.25) is 0 Å². The quantitative estimate of drug-likeness (QED) is 0.727. The molecule has 6 nitrogen and oxygen atoms in total. The Hall–Kier alpha value is -1.85. The smallest absolute Gasteiger partial charge is 0.325 e. The summed E-state index contributed by atoms with van der Waals surface area (Å²) in [6.07, 6.45) is 3.35. The van der Waals surface area contributed by atoms with Crippen LogP contribution in [0.15, 0.2) is 18.5 Å². The van der Waals surface area contributed by atoms with Crippen molar-refractivity contribution >= 4 is 11.9 Å². The van der Waals surface area contributed by atoms with E-state index in [2.05, 4.69) is 5.10 Å². The molecule has 1 heterocycles. The van der Waals surface area contributed by atoms with Crippen LogP contribution in [0.1, 0.15) is 33.7 Å². The number of rotatable bonds is 6. The van der Waals surface area contributed by atoms with E-state index in [9.17, 15) is 9.59 Å². The van der Waals surface area contributed by atoms with Gasteiger partial charge in [0.1, 0.15) is 12.6 Å². The predicted molar refractivity (Wildman–Crippen MR) is 70.4 cm³/mol. The Morgan fingerprint density at radius 3 is 2.53 bits per heavy atom. The average molecular weight is 267 g/mol. The second-order valence-electron chi connectivity index (χ2n) is 4.53. The second kappa shape index (κ2) is 6.92. The second-order valence-corrected chi connectivity index (χ2v) is 4.53. The number of hydrogen-bond acceptors (Lipinski definition) is 4. The lowest BCUT2D eigenvalue weighted by molar-refractivity contribution is -0.151. The van der Waals surface area contributed by atoms with Crippen molar-refractivity contribution in [3.8, 4) is 0 Å². The molecule has 19 heavy (non-hydrogen) atoms.